The molecule has 0 radical (unpaired) electrons. The lowest BCUT2D eigenvalue weighted by Gasteiger charge is -2.08. The lowest BCUT2D eigenvalue weighted by molar-refractivity contribution is 0.0923. The number of unbranched alkanes of at least 4 members (excludes halogenated alkanes) is 1. The van der Waals surface area contributed by atoms with Gasteiger partial charge in [-0.3, -0.25) is 9.59 Å². The fourth-order valence-corrected chi connectivity index (χ4v) is 5.25. The number of hydrogen-bond donors (Lipinski definition) is 1. The quantitative estimate of drug-likeness (QED) is 0.0597. The van der Waals surface area contributed by atoms with Gasteiger partial charge in [0.1, 0.15) is 41.0 Å². The normalized spacial score (nSPS) is 11.3. The average Bonchev–Trinajstić information content (AvgIpc) is 3.60. The molecule has 0 bridgehead atoms. The number of phenolic OH excluding ortho intramolecular Hbond substituents is 1. The number of carbonyl (C=O) groups is 1. The van der Waals surface area contributed by atoms with Crippen LogP contribution in [0.4, 0.5) is 4.39 Å². The Labute approximate surface area is 293 Å². The third-order valence-corrected chi connectivity index (χ3v) is 7.95. The summed E-state index contributed by atoms with van der Waals surface area (Å²) in [5.41, 5.74) is 3.01. The zero-order valence-electron chi connectivity index (χ0n) is 27.7. The van der Waals surface area contributed by atoms with Crippen LogP contribution in [0.2, 0.25) is 0 Å². The number of aromatic nitrogens is 3. The molecule has 6 rings (SSSR count). The highest BCUT2D eigenvalue weighted by atomic mass is 19.1. The maximum absolute atomic E-state index is 13.2. The summed E-state index contributed by atoms with van der Waals surface area (Å²) in [7, 11) is 0. The molecule has 0 aliphatic heterocycles. The monoisotopic (exact) mass is 689 g/mol. The molecule has 0 fully saturated rings. The smallest absolute Gasteiger partial charge is 0.193 e. The van der Waals surface area contributed by atoms with E-state index >= 15 is 0 Å². The molecule has 2 aromatic heterocycles. The van der Waals surface area contributed by atoms with Crippen LogP contribution >= 0.6 is 0 Å². The second-order valence-corrected chi connectivity index (χ2v) is 11.7. The number of nitrogens with zero attached hydrogens (tertiary/aromatic N) is 3. The van der Waals surface area contributed by atoms with Crippen LogP contribution in [0.1, 0.15) is 34.5 Å². The van der Waals surface area contributed by atoms with E-state index in [4.69, 9.17) is 18.6 Å². The average molecular weight is 690 g/mol. The summed E-state index contributed by atoms with van der Waals surface area (Å²) in [4.78, 5) is 24.7. The van der Waals surface area contributed by atoms with Crippen LogP contribution in [0.5, 0.6) is 17.2 Å². The molecule has 0 aliphatic carbocycles. The summed E-state index contributed by atoms with van der Waals surface area (Å²) in [6.07, 6.45) is 7.41. The predicted molar refractivity (Wildman–Crippen MR) is 191 cm³/mol. The molecule has 1 N–H and O–H groups in total. The van der Waals surface area contributed by atoms with Crippen molar-refractivity contribution < 1.29 is 32.9 Å². The van der Waals surface area contributed by atoms with Gasteiger partial charge in [0.2, 0.25) is 0 Å². The molecule has 6 aromatic rings. The number of para-hydroxylation sites is 1. The maximum atomic E-state index is 13.2. The highest BCUT2D eigenvalue weighted by Gasteiger charge is 2.10. The molecule has 0 saturated carbocycles. The Hall–Kier alpha value is -6.07. The van der Waals surface area contributed by atoms with Crippen LogP contribution in [0.25, 0.3) is 28.4 Å². The van der Waals surface area contributed by atoms with Crippen molar-refractivity contribution in [1.82, 2.24) is 15.0 Å². The number of fused-ring (bicyclic) bond motifs is 1. The summed E-state index contributed by atoms with van der Waals surface area (Å²) < 4.78 is 38.2. The molecule has 0 atom stereocenters. The molecule has 51 heavy (non-hydrogen) atoms. The number of ketones is 1. The Kier molecular flexibility index (Phi) is 11.6. The number of carbonyl (C=O) groups excluding carboxylic acids is 1. The summed E-state index contributed by atoms with van der Waals surface area (Å²) in [5.74, 6) is 0.512. The minimum absolute atomic E-state index is 0.0412. The first kappa shape index (κ1) is 34.8. The van der Waals surface area contributed by atoms with Crippen LogP contribution in [-0.4, -0.2) is 52.3 Å². The van der Waals surface area contributed by atoms with E-state index in [0.717, 1.165) is 54.0 Å². The minimum Gasteiger partial charge on any atom is -0.507 e. The van der Waals surface area contributed by atoms with E-state index in [9.17, 15) is 19.1 Å². The van der Waals surface area contributed by atoms with Crippen molar-refractivity contribution in [2.75, 3.05) is 26.4 Å². The Morgan fingerprint density at radius 2 is 1.63 bits per heavy atom. The van der Waals surface area contributed by atoms with Gasteiger partial charge in [0.25, 0.3) is 0 Å². The summed E-state index contributed by atoms with van der Waals surface area (Å²) in [6, 6.07) is 26.7. The summed E-state index contributed by atoms with van der Waals surface area (Å²) in [5, 5.41) is 18.8. The Morgan fingerprint density at radius 3 is 2.43 bits per heavy atom. The van der Waals surface area contributed by atoms with Crippen LogP contribution < -0.4 is 14.9 Å². The first-order valence-corrected chi connectivity index (χ1v) is 16.6. The molecule has 10 nitrogen and oxygen atoms in total. The zero-order valence-corrected chi connectivity index (χ0v) is 27.7. The first-order chi connectivity index (χ1) is 24.9. The van der Waals surface area contributed by atoms with Gasteiger partial charge in [0.05, 0.1) is 43.0 Å². The number of phenols is 1. The maximum Gasteiger partial charge on any atom is 0.193 e. The van der Waals surface area contributed by atoms with E-state index in [-0.39, 0.29) is 16.7 Å². The number of aromatic hydroxyl groups is 1. The number of rotatable bonds is 17. The van der Waals surface area contributed by atoms with E-state index in [1.807, 2.05) is 66.9 Å². The van der Waals surface area contributed by atoms with E-state index in [1.165, 1.54) is 18.2 Å². The lowest BCUT2D eigenvalue weighted by atomic mass is 10.1. The minimum atomic E-state index is -0.605. The second kappa shape index (κ2) is 17.0. The molecular weight excluding hydrogens is 653 g/mol. The van der Waals surface area contributed by atoms with Crippen molar-refractivity contribution in [3.8, 4) is 28.6 Å². The molecule has 0 amide bonds. The van der Waals surface area contributed by atoms with E-state index in [2.05, 4.69) is 10.3 Å². The summed E-state index contributed by atoms with van der Waals surface area (Å²) in [6.45, 7) is 2.42. The Balaban J connectivity index is 0.825. The predicted octanol–water partition coefficient (Wildman–Crippen LogP) is 7.29. The van der Waals surface area contributed by atoms with Crippen LogP contribution in [0.15, 0.2) is 119 Å². The Morgan fingerprint density at radius 1 is 0.863 bits per heavy atom. The molecule has 0 saturated heterocycles. The molecular formula is C40H36FN3O7. The number of hydrogen-bond acceptors (Lipinski definition) is 9. The number of halogens is 1. The van der Waals surface area contributed by atoms with Crippen LogP contribution in [-0.2, 0) is 17.7 Å². The van der Waals surface area contributed by atoms with E-state index in [0.29, 0.717) is 55.5 Å². The standard InChI is InChI=1S/C40H36FN3O7/c41-30-13-18-34(37(46)25-30)36(45)19-10-28-8-14-32(15-9-28)49-21-4-3-5-31-27-44(43-42-31)20-22-48-23-24-50-33-16-11-29(12-17-33)40-26-38(47)35-6-1-2-7-39(35)51-40/h1-2,6-19,25-27,46H,3-5,20-24H2/b19-10+. The highest BCUT2D eigenvalue weighted by molar-refractivity contribution is 6.08. The number of ether oxygens (including phenoxy) is 3. The second-order valence-electron chi connectivity index (χ2n) is 11.7. The van der Waals surface area contributed by atoms with Gasteiger partial charge in [-0.15, -0.1) is 5.10 Å². The van der Waals surface area contributed by atoms with Crippen LogP contribution in [0.3, 0.4) is 0 Å². The van der Waals surface area contributed by atoms with Crippen molar-refractivity contribution in [3.05, 3.63) is 142 Å². The fraction of sp³-hybridized carbons (Fsp3) is 0.200. The molecule has 2 heterocycles. The van der Waals surface area contributed by atoms with Gasteiger partial charge >= 0.3 is 0 Å². The molecule has 0 unspecified atom stereocenters. The van der Waals surface area contributed by atoms with E-state index < -0.39 is 11.6 Å². The van der Waals surface area contributed by atoms with Gasteiger partial charge in [0.15, 0.2) is 11.2 Å². The van der Waals surface area contributed by atoms with Crippen molar-refractivity contribution in [1.29, 1.82) is 0 Å². The van der Waals surface area contributed by atoms with Gasteiger partial charge in [-0.05, 0) is 91.6 Å². The molecule has 0 spiro atoms. The lowest BCUT2D eigenvalue weighted by Crippen LogP contribution is -2.11. The molecule has 260 valence electrons. The van der Waals surface area contributed by atoms with Crippen molar-refractivity contribution in [2.24, 2.45) is 0 Å². The number of aryl methyl sites for hydroxylation is 1. The largest absolute Gasteiger partial charge is 0.507 e. The Bertz CT molecular complexity index is 2160. The SMILES string of the molecule is O=C(/C=C/c1ccc(OCCCCc2cn(CCOCCOc3ccc(-c4cc(=O)c5ccccc5o4)cc3)nn2)cc1)c1ccc(F)cc1O. The molecule has 4 aromatic carbocycles. The third kappa shape index (κ3) is 9.77. The zero-order chi connectivity index (χ0) is 35.4. The topological polar surface area (TPSA) is 126 Å². The van der Waals surface area contributed by atoms with Gasteiger partial charge in [-0.1, -0.05) is 35.6 Å². The summed E-state index contributed by atoms with van der Waals surface area (Å²) >= 11 is 0. The van der Waals surface area contributed by atoms with Gasteiger partial charge in [-0.2, -0.15) is 0 Å². The number of benzene rings is 4. The highest BCUT2D eigenvalue weighted by Crippen LogP contribution is 2.25. The fourth-order valence-electron chi connectivity index (χ4n) is 5.25. The molecule has 11 heteroatoms. The molecule has 0 aliphatic rings. The van der Waals surface area contributed by atoms with Crippen molar-refractivity contribution in [2.45, 2.75) is 25.8 Å². The third-order valence-electron chi connectivity index (χ3n) is 7.95. The number of allylic oxidation sites excluding steroid dienone is 1. The van der Waals surface area contributed by atoms with Gasteiger partial charge in [0, 0.05) is 23.9 Å². The van der Waals surface area contributed by atoms with Crippen molar-refractivity contribution >= 4 is 22.8 Å². The van der Waals surface area contributed by atoms with Crippen LogP contribution in [0, 0.1) is 5.82 Å². The van der Waals surface area contributed by atoms with Crippen molar-refractivity contribution in [3.63, 3.8) is 0 Å². The van der Waals surface area contributed by atoms with Gasteiger partial charge < -0.3 is 23.7 Å². The van der Waals surface area contributed by atoms with E-state index in [1.54, 1.807) is 22.9 Å². The first-order valence-electron chi connectivity index (χ1n) is 16.6. The van der Waals surface area contributed by atoms with Gasteiger partial charge in [-0.25, -0.2) is 9.07 Å².